The minimum atomic E-state index is -0.119. The molecule has 1 aromatic heterocycles. The fourth-order valence-corrected chi connectivity index (χ4v) is 2.12. The molecule has 0 aliphatic carbocycles. The smallest absolute Gasteiger partial charge is 0.240 e. The predicted octanol–water partition coefficient (Wildman–Crippen LogP) is 1.36. The molecule has 1 aromatic carbocycles. The number of hydrogen-bond acceptors (Lipinski definition) is 3. The number of rotatable bonds is 7. The fourth-order valence-electron chi connectivity index (χ4n) is 2.12. The molecule has 1 heterocycles. The number of hydrogen-bond donors (Lipinski definition) is 2. The molecule has 2 rings (SSSR count). The van der Waals surface area contributed by atoms with E-state index in [2.05, 4.69) is 22.2 Å². The van der Waals surface area contributed by atoms with Crippen LogP contribution in [0.1, 0.15) is 19.2 Å². The van der Waals surface area contributed by atoms with E-state index in [-0.39, 0.29) is 18.4 Å². The van der Waals surface area contributed by atoms with E-state index >= 15 is 0 Å². The van der Waals surface area contributed by atoms with Crippen LogP contribution in [0.3, 0.4) is 0 Å². The lowest BCUT2D eigenvalue weighted by Crippen LogP contribution is -2.29. The van der Waals surface area contributed by atoms with Crippen LogP contribution in [0.25, 0.3) is 11.0 Å². The standard InChI is InChI=1S/C16H20N4O2/c1-3-9-17-16(22)11-20-13-8-6-5-7-12(13)19-14(20)10-18-15(21)4-2/h3,5-8H,1,4,9-11H2,2H3,(H,17,22)(H,18,21). The molecule has 0 saturated carbocycles. The molecule has 0 bridgehead atoms. The lowest BCUT2D eigenvalue weighted by Gasteiger charge is -2.09. The molecule has 0 fully saturated rings. The second-order valence-electron chi connectivity index (χ2n) is 4.83. The number of imidazole rings is 1. The molecule has 2 aromatic rings. The first-order valence-electron chi connectivity index (χ1n) is 7.24. The Bertz CT molecular complexity index is 691. The molecule has 0 aliphatic heterocycles. The van der Waals surface area contributed by atoms with E-state index in [0.717, 1.165) is 11.0 Å². The molecule has 0 spiro atoms. The van der Waals surface area contributed by atoms with Crippen molar-refractivity contribution in [3.05, 3.63) is 42.7 Å². The first kappa shape index (κ1) is 15.8. The Labute approximate surface area is 129 Å². The highest BCUT2D eigenvalue weighted by molar-refractivity contribution is 5.81. The average Bonchev–Trinajstić information content (AvgIpc) is 2.88. The summed E-state index contributed by atoms with van der Waals surface area (Å²) in [6.45, 7) is 6.25. The minimum Gasteiger partial charge on any atom is -0.351 e. The fraction of sp³-hybridized carbons (Fsp3) is 0.312. The largest absolute Gasteiger partial charge is 0.351 e. The van der Waals surface area contributed by atoms with Gasteiger partial charge in [0.15, 0.2) is 0 Å². The summed E-state index contributed by atoms with van der Waals surface area (Å²) in [5.41, 5.74) is 1.68. The molecule has 2 N–H and O–H groups in total. The van der Waals surface area contributed by atoms with Crippen molar-refractivity contribution < 1.29 is 9.59 Å². The number of amides is 2. The monoisotopic (exact) mass is 300 g/mol. The maximum atomic E-state index is 12.0. The summed E-state index contributed by atoms with van der Waals surface area (Å²) in [5.74, 6) is 0.498. The maximum Gasteiger partial charge on any atom is 0.240 e. The van der Waals surface area contributed by atoms with Gasteiger partial charge in [-0.3, -0.25) is 9.59 Å². The highest BCUT2D eigenvalue weighted by Gasteiger charge is 2.13. The first-order chi connectivity index (χ1) is 10.7. The Morgan fingerprint density at radius 1 is 1.27 bits per heavy atom. The molecule has 0 aliphatic rings. The molecule has 0 atom stereocenters. The van der Waals surface area contributed by atoms with Crippen molar-refractivity contribution in [3.63, 3.8) is 0 Å². The number of aromatic nitrogens is 2. The Hall–Kier alpha value is -2.63. The van der Waals surface area contributed by atoms with Crippen LogP contribution in [0.2, 0.25) is 0 Å². The van der Waals surface area contributed by atoms with Crippen LogP contribution in [0.4, 0.5) is 0 Å². The van der Waals surface area contributed by atoms with Crippen LogP contribution < -0.4 is 10.6 Å². The molecule has 0 unspecified atom stereocenters. The van der Waals surface area contributed by atoms with E-state index in [9.17, 15) is 9.59 Å². The lowest BCUT2D eigenvalue weighted by molar-refractivity contribution is -0.121. The number of nitrogens with one attached hydrogen (secondary N) is 2. The van der Waals surface area contributed by atoms with Gasteiger partial charge in [-0.2, -0.15) is 0 Å². The van der Waals surface area contributed by atoms with Crippen LogP contribution in [-0.4, -0.2) is 27.9 Å². The Morgan fingerprint density at radius 2 is 2.05 bits per heavy atom. The van der Waals surface area contributed by atoms with Gasteiger partial charge in [0.2, 0.25) is 11.8 Å². The van der Waals surface area contributed by atoms with E-state index in [1.54, 1.807) is 13.0 Å². The van der Waals surface area contributed by atoms with Gasteiger partial charge < -0.3 is 15.2 Å². The van der Waals surface area contributed by atoms with Gasteiger partial charge in [-0.25, -0.2) is 4.98 Å². The van der Waals surface area contributed by atoms with Crippen LogP contribution >= 0.6 is 0 Å². The van der Waals surface area contributed by atoms with Crippen molar-refractivity contribution in [3.8, 4) is 0 Å². The van der Waals surface area contributed by atoms with Gasteiger partial charge in [0.25, 0.3) is 0 Å². The third-order valence-corrected chi connectivity index (χ3v) is 3.24. The Morgan fingerprint density at radius 3 is 2.77 bits per heavy atom. The summed E-state index contributed by atoms with van der Waals surface area (Å²) in [6.07, 6.45) is 2.05. The summed E-state index contributed by atoms with van der Waals surface area (Å²) in [6, 6.07) is 7.59. The number of benzene rings is 1. The highest BCUT2D eigenvalue weighted by Crippen LogP contribution is 2.15. The summed E-state index contributed by atoms with van der Waals surface area (Å²) in [5, 5.41) is 5.54. The van der Waals surface area contributed by atoms with E-state index in [1.165, 1.54) is 0 Å². The molecule has 6 nitrogen and oxygen atoms in total. The van der Waals surface area contributed by atoms with Crippen molar-refractivity contribution >= 4 is 22.8 Å². The summed E-state index contributed by atoms with van der Waals surface area (Å²) >= 11 is 0. The Kier molecular flexibility index (Phi) is 5.30. The van der Waals surface area contributed by atoms with Crippen molar-refractivity contribution in [1.29, 1.82) is 0 Å². The molecular formula is C16H20N4O2. The first-order valence-corrected chi connectivity index (χ1v) is 7.24. The van der Waals surface area contributed by atoms with Crippen molar-refractivity contribution in [2.75, 3.05) is 6.54 Å². The second-order valence-corrected chi connectivity index (χ2v) is 4.83. The number of para-hydroxylation sites is 2. The molecule has 6 heteroatoms. The van der Waals surface area contributed by atoms with Gasteiger partial charge in [-0.1, -0.05) is 25.1 Å². The highest BCUT2D eigenvalue weighted by atomic mass is 16.2. The molecule has 0 saturated heterocycles. The van der Waals surface area contributed by atoms with Crippen molar-refractivity contribution in [1.82, 2.24) is 20.2 Å². The van der Waals surface area contributed by atoms with E-state index < -0.39 is 0 Å². The maximum absolute atomic E-state index is 12.0. The summed E-state index contributed by atoms with van der Waals surface area (Å²) in [4.78, 5) is 27.9. The zero-order valence-electron chi connectivity index (χ0n) is 12.6. The predicted molar refractivity (Wildman–Crippen MR) is 85.1 cm³/mol. The summed E-state index contributed by atoms with van der Waals surface area (Å²) in [7, 11) is 0. The third-order valence-electron chi connectivity index (χ3n) is 3.24. The SMILES string of the molecule is C=CCNC(=O)Cn1c(CNC(=O)CC)nc2ccccc21. The van der Waals surface area contributed by atoms with Crippen molar-refractivity contribution in [2.45, 2.75) is 26.4 Å². The summed E-state index contributed by atoms with van der Waals surface area (Å²) < 4.78 is 1.82. The number of fused-ring (bicyclic) bond motifs is 1. The zero-order chi connectivity index (χ0) is 15.9. The van der Waals surface area contributed by atoms with Gasteiger partial charge in [-0.15, -0.1) is 6.58 Å². The van der Waals surface area contributed by atoms with Gasteiger partial charge in [-0.05, 0) is 12.1 Å². The second kappa shape index (κ2) is 7.40. The average molecular weight is 300 g/mol. The van der Waals surface area contributed by atoms with Crippen molar-refractivity contribution in [2.24, 2.45) is 0 Å². The van der Waals surface area contributed by atoms with Gasteiger partial charge in [0.05, 0.1) is 17.6 Å². The van der Waals surface area contributed by atoms with Crippen LogP contribution in [-0.2, 0) is 22.7 Å². The quantitative estimate of drug-likeness (QED) is 0.758. The normalized spacial score (nSPS) is 10.4. The number of carbonyl (C=O) groups excluding carboxylic acids is 2. The molecule has 0 radical (unpaired) electrons. The molecule has 2 amide bonds. The number of carbonyl (C=O) groups is 2. The number of nitrogens with zero attached hydrogens (tertiary/aromatic N) is 2. The third kappa shape index (κ3) is 3.72. The van der Waals surface area contributed by atoms with E-state index in [1.807, 2.05) is 28.8 Å². The van der Waals surface area contributed by atoms with Gasteiger partial charge >= 0.3 is 0 Å². The lowest BCUT2D eigenvalue weighted by atomic mass is 10.3. The Balaban J connectivity index is 2.25. The van der Waals surface area contributed by atoms with Crippen LogP contribution in [0.15, 0.2) is 36.9 Å². The van der Waals surface area contributed by atoms with Crippen LogP contribution in [0, 0.1) is 0 Å². The van der Waals surface area contributed by atoms with Gasteiger partial charge in [0.1, 0.15) is 12.4 Å². The molecule has 22 heavy (non-hydrogen) atoms. The zero-order valence-corrected chi connectivity index (χ0v) is 12.6. The van der Waals surface area contributed by atoms with E-state index in [4.69, 9.17) is 0 Å². The topological polar surface area (TPSA) is 76.0 Å². The molecular weight excluding hydrogens is 280 g/mol. The van der Waals surface area contributed by atoms with Crippen LogP contribution in [0.5, 0.6) is 0 Å². The van der Waals surface area contributed by atoms with E-state index in [0.29, 0.717) is 25.3 Å². The molecule has 116 valence electrons. The van der Waals surface area contributed by atoms with Gasteiger partial charge in [0, 0.05) is 13.0 Å². The minimum absolute atomic E-state index is 0.0466.